The van der Waals surface area contributed by atoms with Gasteiger partial charge in [0.05, 0.1) is 9.70 Å². The molecule has 0 unspecified atom stereocenters. The van der Waals surface area contributed by atoms with Gasteiger partial charge in [0, 0.05) is 18.8 Å². The maximum absolute atomic E-state index is 13.6. The summed E-state index contributed by atoms with van der Waals surface area (Å²) < 4.78 is 41.5. The highest BCUT2D eigenvalue weighted by Crippen LogP contribution is 2.31. The van der Waals surface area contributed by atoms with Crippen LogP contribution >= 0.6 is 27.3 Å². The number of hydrogen-bond acceptors (Lipinski definition) is 4. The minimum atomic E-state index is -3.61. The van der Waals surface area contributed by atoms with Gasteiger partial charge in [-0.25, -0.2) is 12.8 Å². The van der Waals surface area contributed by atoms with Crippen LogP contribution in [0.5, 0.6) is 0 Å². The molecular formula is C17H18BrFN2O3S2. The van der Waals surface area contributed by atoms with Crippen molar-refractivity contribution >= 4 is 48.9 Å². The third-order valence-electron chi connectivity index (χ3n) is 4.34. The van der Waals surface area contributed by atoms with Gasteiger partial charge in [0.15, 0.2) is 0 Å². The fraction of sp³-hybridized carbons (Fsp3) is 0.353. The molecule has 1 N–H and O–H groups in total. The van der Waals surface area contributed by atoms with Crippen molar-refractivity contribution < 1.29 is 17.6 Å². The quantitative estimate of drug-likeness (QED) is 0.749. The monoisotopic (exact) mass is 460 g/mol. The van der Waals surface area contributed by atoms with Crippen LogP contribution < -0.4 is 5.32 Å². The van der Waals surface area contributed by atoms with Crippen LogP contribution in [0, 0.1) is 18.7 Å². The Hall–Kier alpha value is -1.29. The van der Waals surface area contributed by atoms with E-state index in [0.29, 0.717) is 30.6 Å². The number of hydrogen-bond donors (Lipinski definition) is 1. The number of rotatable bonds is 4. The van der Waals surface area contributed by atoms with Gasteiger partial charge < -0.3 is 5.32 Å². The van der Waals surface area contributed by atoms with Crippen LogP contribution in [0.3, 0.4) is 0 Å². The van der Waals surface area contributed by atoms with E-state index in [-0.39, 0.29) is 22.5 Å². The highest BCUT2D eigenvalue weighted by molar-refractivity contribution is 9.11. The summed E-state index contributed by atoms with van der Waals surface area (Å²) in [5.74, 6) is -1.15. The number of amides is 1. The fourth-order valence-corrected chi connectivity index (χ4v) is 6.54. The smallest absolute Gasteiger partial charge is 0.252 e. The zero-order chi connectivity index (χ0) is 18.9. The molecule has 1 aliphatic heterocycles. The summed E-state index contributed by atoms with van der Waals surface area (Å²) in [4.78, 5) is 12.5. The Bertz CT molecular complexity index is 930. The molecule has 0 radical (unpaired) electrons. The molecule has 2 heterocycles. The number of thiophene rings is 1. The van der Waals surface area contributed by atoms with Gasteiger partial charge >= 0.3 is 0 Å². The molecule has 2 aromatic rings. The minimum absolute atomic E-state index is 0.123. The molecule has 1 atom stereocenters. The van der Waals surface area contributed by atoms with E-state index in [1.54, 1.807) is 31.2 Å². The van der Waals surface area contributed by atoms with Crippen molar-refractivity contribution in [2.45, 2.75) is 24.0 Å². The summed E-state index contributed by atoms with van der Waals surface area (Å²) in [6, 6.07) is 7.75. The van der Waals surface area contributed by atoms with Crippen molar-refractivity contribution in [2.75, 3.05) is 18.4 Å². The van der Waals surface area contributed by atoms with Crippen molar-refractivity contribution in [3.8, 4) is 0 Å². The van der Waals surface area contributed by atoms with Crippen LogP contribution in [0.4, 0.5) is 10.1 Å². The zero-order valence-electron chi connectivity index (χ0n) is 14.0. The Morgan fingerprint density at radius 3 is 2.77 bits per heavy atom. The van der Waals surface area contributed by atoms with E-state index in [4.69, 9.17) is 0 Å². The predicted octanol–water partition coefficient (Wildman–Crippen LogP) is 4.00. The molecule has 1 aromatic carbocycles. The number of anilines is 1. The lowest BCUT2D eigenvalue weighted by atomic mass is 9.98. The second-order valence-electron chi connectivity index (χ2n) is 6.21. The number of nitrogens with one attached hydrogen (secondary N) is 1. The molecule has 5 nitrogen and oxygen atoms in total. The highest BCUT2D eigenvalue weighted by Gasteiger charge is 2.34. The van der Waals surface area contributed by atoms with Crippen molar-refractivity contribution in [2.24, 2.45) is 5.92 Å². The molecule has 0 aliphatic carbocycles. The van der Waals surface area contributed by atoms with E-state index >= 15 is 0 Å². The second-order valence-corrected chi connectivity index (χ2v) is 10.8. The largest absolute Gasteiger partial charge is 0.326 e. The Balaban J connectivity index is 1.71. The molecule has 0 bridgehead atoms. The summed E-state index contributed by atoms with van der Waals surface area (Å²) in [5, 5.41) is 2.69. The molecule has 1 saturated heterocycles. The number of carbonyl (C=O) groups excluding carboxylic acids is 1. The predicted molar refractivity (Wildman–Crippen MR) is 103 cm³/mol. The summed E-state index contributed by atoms with van der Waals surface area (Å²) in [6.45, 7) is 2.16. The first kappa shape index (κ1) is 19.5. The van der Waals surface area contributed by atoms with Crippen LogP contribution in [0.25, 0.3) is 0 Å². The SMILES string of the molecule is Cc1ccc(NC(=O)[C@@H]2CCCN(S(=O)(=O)c3ccc(Br)s3)C2)cc1F. The third-order valence-corrected chi connectivity index (χ3v) is 8.29. The van der Waals surface area contributed by atoms with Crippen molar-refractivity contribution in [3.63, 3.8) is 0 Å². The van der Waals surface area contributed by atoms with Gasteiger partial charge in [-0.1, -0.05) is 6.07 Å². The average Bonchev–Trinajstić information content (AvgIpc) is 3.05. The molecule has 9 heteroatoms. The number of halogens is 2. The van der Waals surface area contributed by atoms with Crippen molar-refractivity contribution in [1.29, 1.82) is 0 Å². The molecule has 0 spiro atoms. The second kappa shape index (κ2) is 7.75. The van der Waals surface area contributed by atoms with E-state index < -0.39 is 15.9 Å². The number of sulfonamides is 1. The van der Waals surface area contributed by atoms with E-state index in [1.165, 1.54) is 10.4 Å². The maximum Gasteiger partial charge on any atom is 0.252 e. The van der Waals surface area contributed by atoms with Gasteiger partial charge in [0.25, 0.3) is 10.0 Å². The highest BCUT2D eigenvalue weighted by atomic mass is 79.9. The lowest BCUT2D eigenvalue weighted by molar-refractivity contribution is -0.120. The molecule has 140 valence electrons. The standard InChI is InChI=1S/C17H18BrFN2O3S2/c1-11-4-5-13(9-14(11)19)20-17(22)12-3-2-8-21(10-12)26(23,24)16-7-6-15(18)25-16/h4-7,9,12H,2-3,8,10H2,1H3,(H,20,22)/t12-/m1/s1. The third kappa shape index (κ3) is 4.16. The van der Waals surface area contributed by atoms with Gasteiger partial charge in [-0.05, 0) is 65.5 Å². The van der Waals surface area contributed by atoms with Crippen LogP contribution in [-0.2, 0) is 14.8 Å². The van der Waals surface area contributed by atoms with Crippen LogP contribution in [0.1, 0.15) is 18.4 Å². The molecule has 1 amide bonds. The molecule has 1 fully saturated rings. The molecule has 1 aromatic heterocycles. The Morgan fingerprint density at radius 2 is 2.12 bits per heavy atom. The Labute approximate surface area is 164 Å². The normalized spacial score (nSPS) is 18.7. The van der Waals surface area contributed by atoms with Gasteiger partial charge in [0.1, 0.15) is 10.0 Å². The summed E-state index contributed by atoms with van der Waals surface area (Å²) in [6.07, 6.45) is 1.20. The average molecular weight is 461 g/mol. The lowest BCUT2D eigenvalue weighted by Crippen LogP contribution is -2.43. The van der Waals surface area contributed by atoms with Crippen LogP contribution in [0.2, 0.25) is 0 Å². The lowest BCUT2D eigenvalue weighted by Gasteiger charge is -2.30. The minimum Gasteiger partial charge on any atom is -0.326 e. The molecular weight excluding hydrogens is 443 g/mol. The van der Waals surface area contributed by atoms with Gasteiger partial charge in [-0.2, -0.15) is 4.31 Å². The van der Waals surface area contributed by atoms with Crippen molar-refractivity contribution in [3.05, 3.63) is 45.5 Å². The Morgan fingerprint density at radius 1 is 1.35 bits per heavy atom. The van der Waals surface area contributed by atoms with Gasteiger partial charge in [-0.3, -0.25) is 4.79 Å². The van der Waals surface area contributed by atoms with Gasteiger partial charge in [0.2, 0.25) is 5.91 Å². The summed E-state index contributed by atoms with van der Waals surface area (Å²) >= 11 is 4.42. The van der Waals surface area contributed by atoms with Crippen LogP contribution in [0.15, 0.2) is 38.3 Å². The van der Waals surface area contributed by atoms with E-state index in [9.17, 15) is 17.6 Å². The number of benzene rings is 1. The Kier molecular flexibility index (Phi) is 5.81. The molecule has 26 heavy (non-hydrogen) atoms. The topological polar surface area (TPSA) is 66.5 Å². The molecule has 3 rings (SSSR count). The van der Waals surface area contributed by atoms with E-state index in [2.05, 4.69) is 21.2 Å². The number of aryl methyl sites for hydroxylation is 1. The first-order valence-electron chi connectivity index (χ1n) is 8.10. The van der Waals surface area contributed by atoms with Crippen LogP contribution in [-0.4, -0.2) is 31.7 Å². The first-order valence-corrected chi connectivity index (χ1v) is 11.1. The number of piperidine rings is 1. The fourth-order valence-electron chi connectivity index (χ4n) is 2.85. The zero-order valence-corrected chi connectivity index (χ0v) is 17.3. The number of nitrogens with zero attached hydrogens (tertiary/aromatic N) is 1. The maximum atomic E-state index is 13.6. The first-order chi connectivity index (χ1) is 12.3. The molecule has 1 aliphatic rings. The molecule has 0 saturated carbocycles. The summed E-state index contributed by atoms with van der Waals surface area (Å²) in [5.41, 5.74) is 0.875. The number of carbonyl (C=O) groups is 1. The van der Waals surface area contributed by atoms with Gasteiger partial charge in [-0.15, -0.1) is 11.3 Å². The van der Waals surface area contributed by atoms with Crippen molar-refractivity contribution in [1.82, 2.24) is 4.31 Å². The summed E-state index contributed by atoms with van der Waals surface area (Å²) in [7, 11) is -3.61. The van der Waals surface area contributed by atoms with E-state index in [0.717, 1.165) is 15.1 Å². The van der Waals surface area contributed by atoms with E-state index in [1.807, 2.05) is 0 Å².